The summed E-state index contributed by atoms with van der Waals surface area (Å²) < 4.78 is 0. The van der Waals surface area contributed by atoms with Gasteiger partial charge in [0.05, 0.1) is 6.42 Å². The number of hydrogen-bond donors (Lipinski definition) is 3. The van der Waals surface area contributed by atoms with E-state index < -0.39 is 12.0 Å². The van der Waals surface area contributed by atoms with Crippen molar-refractivity contribution >= 4 is 22.9 Å². The minimum atomic E-state index is -1.00. The number of hydrogen-bond acceptors (Lipinski definition) is 3. The molecule has 1 atom stereocenters. The van der Waals surface area contributed by atoms with Gasteiger partial charge in [-0.3, -0.25) is 4.79 Å². The Labute approximate surface area is 122 Å². The molecule has 0 spiro atoms. The summed E-state index contributed by atoms with van der Waals surface area (Å²) in [6.07, 6.45) is 3.95. The number of fused-ring (bicyclic) bond motifs is 1. The van der Waals surface area contributed by atoms with Crippen molar-refractivity contribution in [3.8, 4) is 0 Å². The van der Waals surface area contributed by atoms with Gasteiger partial charge in [-0.05, 0) is 30.0 Å². The van der Waals surface area contributed by atoms with Crippen LogP contribution in [0, 0.1) is 5.92 Å². The quantitative estimate of drug-likeness (QED) is 0.754. The molecule has 3 N–H and O–H groups in total. The molecular formula is C15H19N3O3. The molecule has 21 heavy (non-hydrogen) atoms. The minimum Gasteiger partial charge on any atom is -0.480 e. The highest BCUT2D eigenvalue weighted by Crippen LogP contribution is 2.16. The summed E-state index contributed by atoms with van der Waals surface area (Å²) in [7, 11) is 0. The second kappa shape index (κ2) is 6.39. The topological polar surface area (TPSA) is 95.1 Å². The third-order valence-electron chi connectivity index (χ3n) is 3.23. The lowest BCUT2D eigenvalue weighted by molar-refractivity contribution is -0.142. The normalized spacial score (nSPS) is 12.5. The Morgan fingerprint density at radius 1 is 1.43 bits per heavy atom. The SMILES string of the molecule is CC(C)CC(NC(=O)Cc1c[nH]c2ncccc12)C(=O)O. The number of carboxylic acids is 1. The molecule has 0 bridgehead atoms. The zero-order chi connectivity index (χ0) is 15.4. The largest absolute Gasteiger partial charge is 0.480 e. The molecule has 0 saturated heterocycles. The van der Waals surface area contributed by atoms with E-state index in [2.05, 4.69) is 15.3 Å². The molecule has 0 aliphatic rings. The number of aromatic amines is 1. The van der Waals surface area contributed by atoms with Crippen molar-refractivity contribution in [2.24, 2.45) is 5.92 Å². The van der Waals surface area contributed by atoms with Gasteiger partial charge in [0.2, 0.25) is 5.91 Å². The third-order valence-corrected chi connectivity index (χ3v) is 3.23. The summed E-state index contributed by atoms with van der Waals surface area (Å²) in [5, 5.41) is 12.6. The number of amides is 1. The van der Waals surface area contributed by atoms with Crippen LogP contribution in [0.15, 0.2) is 24.5 Å². The summed E-state index contributed by atoms with van der Waals surface area (Å²) in [5.74, 6) is -1.10. The van der Waals surface area contributed by atoms with Crippen molar-refractivity contribution in [1.82, 2.24) is 15.3 Å². The molecule has 0 fully saturated rings. The number of carbonyl (C=O) groups is 2. The van der Waals surface area contributed by atoms with Crippen molar-refractivity contribution in [1.29, 1.82) is 0 Å². The fourth-order valence-electron chi connectivity index (χ4n) is 2.27. The maximum absolute atomic E-state index is 12.0. The van der Waals surface area contributed by atoms with E-state index in [0.717, 1.165) is 16.6 Å². The number of aliphatic carboxylic acids is 1. The van der Waals surface area contributed by atoms with Gasteiger partial charge in [-0.15, -0.1) is 0 Å². The van der Waals surface area contributed by atoms with Crippen LogP contribution in [-0.2, 0) is 16.0 Å². The lowest BCUT2D eigenvalue weighted by Gasteiger charge is -2.16. The predicted octanol–water partition coefficient (Wildman–Crippen LogP) is 1.72. The first-order chi connectivity index (χ1) is 9.97. The van der Waals surface area contributed by atoms with E-state index in [1.807, 2.05) is 19.9 Å². The summed E-state index contributed by atoms with van der Waals surface area (Å²) >= 11 is 0. The van der Waals surface area contributed by atoms with Crippen LogP contribution in [0.1, 0.15) is 25.8 Å². The first kappa shape index (κ1) is 15.0. The van der Waals surface area contributed by atoms with Gasteiger partial charge in [0, 0.05) is 17.8 Å². The Bertz CT molecular complexity index is 648. The highest BCUT2D eigenvalue weighted by Gasteiger charge is 2.21. The Morgan fingerprint density at radius 3 is 2.86 bits per heavy atom. The average molecular weight is 289 g/mol. The van der Waals surface area contributed by atoms with E-state index in [1.165, 1.54) is 0 Å². The van der Waals surface area contributed by atoms with Crippen LogP contribution in [0.3, 0.4) is 0 Å². The molecule has 2 aromatic rings. The molecule has 0 radical (unpaired) electrons. The molecule has 2 rings (SSSR count). The number of carboxylic acid groups (broad SMARTS) is 1. The van der Waals surface area contributed by atoms with E-state index in [0.29, 0.717) is 6.42 Å². The van der Waals surface area contributed by atoms with Crippen molar-refractivity contribution in [3.63, 3.8) is 0 Å². The van der Waals surface area contributed by atoms with Crippen molar-refractivity contribution in [2.75, 3.05) is 0 Å². The average Bonchev–Trinajstić information content (AvgIpc) is 2.81. The Morgan fingerprint density at radius 2 is 2.19 bits per heavy atom. The highest BCUT2D eigenvalue weighted by atomic mass is 16.4. The van der Waals surface area contributed by atoms with Crippen LogP contribution < -0.4 is 5.32 Å². The van der Waals surface area contributed by atoms with Crippen molar-refractivity contribution < 1.29 is 14.7 Å². The Hall–Kier alpha value is -2.37. The van der Waals surface area contributed by atoms with E-state index in [-0.39, 0.29) is 18.2 Å². The molecule has 1 unspecified atom stereocenters. The number of pyridine rings is 1. The number of aromatic nitrogens is 2. The number of H-pyrrole nitrogens is 1. The number of carbonyl (C=O) groups excluding carboxylic acids is 1. The zero-order valence-corrected chi connectivity index (χ0v) is 12.1. The predicted molar refractivity (Wildman–Crippen MR) is 78.8 cm³/mol. The van der Waals surface area contributed by atoms with E-state index in [1.54, 1.807) is 18.5 Å². The fraction of sp³-hybridized carbons (Fsp3) is 0.400. The van der Waals surface area contributed by atoms with Gasteiger partial charge in [0.15, 0.2) is 0 Å². The van der Waals surface area contributed by atoms with Crippen LogP contribution in [0.4, 0.5) is 0 Å². The van der Waals surface area contributed by atoms with Gasteiger partial charge in [0.25, 0.3) is 0 Å². The maximum Gasteiger partial charge on any atom is 0.326 e. The van der Waals surface area contributed by atoms with Gasteiger partial charge in [0.1, 0.15) is 11.7 Å². The highest BCUT2D eigenvalue weighted by molar-refractivity contribution is 5.89. The summed E-state index contributed by atoms with van der Waals surface area (Å²) in [4.78, 5) is 30.3. The van der Waals surface area contributed by atoms with E-state index in [9.17, 15) is 9.59 Å². The van der Waals surface area contributed by atoms with Gasteiger partial charge in [-0.1, -0.05) is 13.8 Å². The maximum atomic E-state index is 12.0. The van der Waals surface area contributed by atoms with Gasteiger partial charge >= 0.3 is 5.97 Å². The number of rotatable bonds is 6. The molecule has 0 aliphatic carbocycles. The standard InChI is InChI=1S/C15H19N3O3/c1-9(2)6-12(15(20)21)18-13(19)7-10-8-17-14-11(10)4-3-5-16-14/h3-5,8-9,12H,6-7H2,1-2H3,(H,16,17)(H,18,19)(H,20,21). The van der Waals surface area contributed by atoms with Gasteiger partial charge in [-0.25, -0.2) is 9.78 Å². The van der Waals surface area contributed by atoms with E-state index in [4.69, 9.17) is 5.11 Å². The molecule has 0 aromatic carbocycles. The molecule has 1 amide bonds. The summed E-state index contributed by atoms with van der Waals surface area (Å²) in [5.41, 5.74) is 1.53. The van der Waals surface area contributed by atoms with Crippen LogP contribution in [-0.4, -0.2) is 33.0 Å². The van der Waals surface area contributed by atoms with Crippen LogP contribution in [0.5, 0.6) is 0 Å². The molecule has 2 aromatic heterocycles. The monoisotopic (exact) mass is 289 g/mol. The fourth-order valence-corrected chi connectivity index (χ4v) is 2.27. The smallest absolute Gasteiger partial charge is 0.326 e. The molecule has 112 valence electrons. The molecule has 2 heterocycles. The molecule has 0 saturated carbocycles. The number of nitrogens with one attached hydrogen (secondary N) is 2. The Kier molecular flexibility index (Phi) is 4.57. The van der Waals surface area contributed by atoms with Gasteiger partial charge < -0.3 is 15.4 Å². The summed E-state index contributed by atoms with van der Waals surface area (Å²) in [6.45, 7) is 3.85. The van der Waals surface area contributed by atoms with Gasteiger partial charge in [-0.2, -0.15) is 0 Å². The van der Waals surface area contributed by atoms with Crippen molar-refractivity contribution in [2.45, 2.75) is 32.7 Å². The zero-order valence-electron chi connectivity index (χ0n) is 12.1. The molecule has 6 heteroatoms. The minimum absolute atomic E-state index is 0.133. The molecule has 0 aliphatic heterocycles. The van der Waals surface area contributed by atoms with Crippen LogP contribution in [0.25, 0.3) is 11.0 Å². The van der Waals surface area contributed by atoms with Crippen molar-refractivity contribution in [3.05, 3.63) is 30.1 Å². The van der Waals surface area contributed by atoms with E-state index >= 15 is 0 Å². The second-order valence-electron chi connectivity index (χ2n) is 5.48. The lowest BCUT2D eigenvalue weighted by Crippen LogP contribution is -2.42. The summed E-state index contributed by atoms with van der Waals surface area (Å²) in [6, 6.07) is 2.83. The molecular weight excluding hydrogens is 270 g/mol. The Balaban J connectivity index is 2.05. The second-order valence-corrected chi connectivity index (χ2v) is 5.48. The third kappa shape index (κ3) is 3.81. The lowest BCUT2D eigenvalue weighted by atomic mass is 10.0. The molecule has 6 nitrogen and oxygen atoms in total. The van der Waals surface area contributed by atoms with Crippen LogP contribution >= 0.6 is 0 Å². The van der Waals surface area contributed by atoms with Crippen LogP contribution in [0.2, 0.25) is 0 Å². The first-order valence-electron chi connectivity index (χ1n) is 6.90. The first-order valence-corrected chi connectivity index (χ1v) is 6.90. The number of nitrogens with zero attached hydrogens (tertiary/aromatic N) is 1.